The van der Waals surface area contributed by atoms with Crippen molar-refractivity contribution in [2.45, 2.75) is 18.7 Å². The van der Waals surface area contributed by atoms with Crippen LogP contribution in [0.1, 0.15) is 18.1 Å². The molecule has 0 aliphatic carbocycles. The van der Waals surface area contributed by atoms with Crippen molar-refractivity contribution in [2.24, 2.45) is 4.40 Å². The Labute approximate surface area is 180 Å². The highest BCUT2D eigenvalue weighted by Crippen LogP contribution is 2.34. The zero-order valence-corrected chi connectivity index (χ0v) is 18.8. The fourth-order valence-corrected chi connectivity index (χ4v) is 5.25. The van der Waals surface area contributed by atoms with Crippen LogP contribution in [0, 0.1) is 16.3 Å². The van der Waals surface area contributed by atoms with Crippen molar-refractivity contribution in [3.8, 4) is 0 Å². The van der Waals surface area contributed by atoms with E-state index in [1.54, 1.807) is 37.3 Å². The summed E-state index contributed by atoms with van der Waals surface area (Å²) in [7, 11) is -3.97. The number of amidine groups is 1. The summed E-state index contributed by atoms with van der Waals surface area (Å²) in [5.41, 5.74) is 1.19. The Bertz CT molecular complexity index is 1100. The van der Waals surface area contributed by atoms with Gasteiger partial charge >= 0.3 is 0 Å². The van der Waals surface area contributed by atoms with Crippen LogP contribution in [0.2, 0.25) is 0 Å². The topological polar surface area (TPSA) is 66.8 Å². The Morgan fingerprint density at radius 3 is 2.54 bits per heavy atom. The highest BCUT2D eigenvalue weighted by atomic mass is 127. The minimum absolute atomic E-state index is 0.0517. The number of carbonyl (C=O) groups is 1. The molecule has 9 heteroatoms. The van der Waals surface area contributed by atoms with Gasteiger partial charge in [-0.05, 0) is 72.5 Å². The molecule has 5 nitrogen and oxygen atoms in total. The lowest BCUT2D eigenvalue weighted by Gasteiger charge is -2.12. The van der Waals surface area contributed by atoms with Crippen LogP contribution in [0.25, 0.3) is 6.08 Å². The maximum atomic E-state index is 14.3. The third kappa shape index (κ3) is 4.31. The number of rotatable bonds is 4. The van der Waals surface area contributed by atoms with Crippen LogP contribution >= 0.6 is 34.4 Å². The average molecular weight is 530 g/mol. The molecule has 1 fully saturated rings. The van der Waals surface area contributed by atoms with Gasteiger partial charge in [-0.25, -0.2) is 4.39 Å². The summed E-state index contributed by atoms with van der Waals surface area (Å²) in [5, 5.41) is 0.0605. The van der Waals surface area contributed by atoms with Crippen molar-refractivity contribution in [1.82, 2.24) is 4.90 Å². The number of aryl methyl sites for hydroxylation is 1. The number of hydrogen-bond acceptors (Lipinski definition) is 4. The van der Waals surface area contributed by atoms with Gasteiger partial charge in [-0.1, -0.05) is 29.8 Å². The number of benzene rings is 2. The summed E-state index contributed by atoms with van der Waals surface area (Å²) in [6, 6.07) is 11.2. The first-order chi connectivity index (χ1) is 13.2. The Morgan fingerprint density at radius 1 is 1.21 bits per heavy atom. The van der Waals surface area contributed by atoms with Crippen molar-refractivity contribution >= 4 is 61.5 Å². The molecule has 0 spiro atoms. The molecule has 0 radical (unpaired) electrons. The second kappa shape index (κ2) is 8.34. The number of carbonyl (C=O) groups excluding carboxylic acids is 1. The molecule has 1 amide bonds. The molecule has 146 valence electrons. The molecule has 0 atom stereocenters. The van der Waals surface area contributed by atoms with Gasteiger partial charge in [0, 0.05) is 15.7 Å². The molecule has 0 aromatic heterocycles. The Balaban J connectivity index is 1.99. The van der Waals surface area contributed by atoms with E-state index in [0.717, 1.165) is 17.3 Å². The van der Waals surface area contributed by atoms with Crippen molar-refractivity contribution in [3.05, 3.63) is 67.9 Å². The molecule has 1 saturated heterocycles. The molecule has 3 rings (SSSR count). The van der Waals surface area contributed by atoms with Gasteiger partial charge in [-0.15, -0.1) is 4.40 Å². The number of nitrogens with zero attached hydrogens (tertiary/aromatic N) is 2. The minimum Gasteiger partial charge on any atom is -0.286 e. The van der Waals surface area contributed by atoms with Crippen LogP contribution in [0.3, 0.4) is 0 Å². The van der Waals surface area contributed by atoms with Crippen molar-refractivity contribution in [2.75, 3.05) is 6.54 Å². The molecule has 1 aliphatic heterocycles. The summed E-state index contributed by atoms with van der Waals surface area (Å²) in [6.07, 6.45) is 1.42. The molecule has 0 N–H and O–H groups in total. The third-order valence-corrected chi connectivity index (χ3v) is 7.23. The maximum Gasteiger partial charge on any atom is 0.284 e. The van der Waals surface area contributed by atoms with Gasteiger partial charge in [-0.2, -0.15) is 8.42 Å². The van der Waals surface area contributed by atoms with E-state index in [4.69, 9.17) is 0 Å². The first-order valence-corrected chi connectivity index (χ1v) is 11.6. The average Bonchev–Trinajstić information content (AvgIpc) is 2.93. The summed E-state index contributed by atoms with van der Waals surface area (Å²) in [4.78, 5) is 14.2. The Kier molecular flexibility index (Phi) is 6.25. The summed E-state index contributed by atoms with van der Waals surface area (Å²) >= 11 is 2.80. The van der Waals surface area contributed by atoms with Crippen LogP contribution < -0.4 is 0 Å². The SMILES string of the molecule is CCN1C(=O)/C(=C/c2cccc(I)c2F)S/C1=N/S(=O)(=O)c1ccc(C)cc1. The number of likely N-dealkylation sites (N-methyl/N-ethyl adjacent to an activating group) is 1. The van der Waals surface area contributed by atoms with E-state index in [9.17, 15) is 17.6 Å². The first-order valence-electron chi connectivity index (χ1n) is 8.30. The molecular formula is C19H16FIN2O3S2. The Hall–Kier alpha value is -1.72. The second-order valence-electron chi connectivity index (χ2n) is 5.97. The molecular weight excluding hydrogens is 514 g/mol. The molecule has 2 aromatic carbocycles. The quantitative estimate of drug-likeness (QED) is 0.434. The molecule has 2 aromatic rings. The first kappa shape index (κ1) is 21.0. The van der Waals surface area contributed by atoms with Crippen LogP contribution in [0.5, 0.6) is 0 Å². The summed E-state index contributed by atoms with van der Waals surface area (Å²) in [5.74, 6) is -0.826. The number of hydrogen-bond donors (Lipinski definition) is 0. The zero-order valence-electron chi connectivity index (χ0n) is 15.0. The number of amides is 1. The predicted octanol–water partition coefficient (Wildman–Crippen LogP) is 4.42. The molecule has 0 unspecified atom stereocenters. The van der Waals surface area contributed by atoms with Gasteiger partial charge < -0.3 is 0 Å². The van der Waals surface area contributed by atoms with E-state index in [1.165, 1.54) is 23.1 Å². The Morgan fingerprint density at radius 2 is 1.89 bits per heavy atom. The molecule has 0 saturated carbocycles. The lowest BCUT2D eigenvalue weighted by atomic mass is 10.2. The van der Waals surface area contributed by atoms with Crippen molar-refractivity contribution in [3.63, 3.8) is 0 Å². The van der Waals surface area contributed by atoms with Gasteiger partial charge in [-0.3, -0.25) is 9.69 Å². The molecule has 1 heterocycles. The highest BCUT2D eigenvalue weighted by molar-refractivity contribution is 14.1. The van der Waals surface area contributed by atoms with Crippen LogP contribution in [0.15, 0.2) is 56.7 Å². The predicted molar refractivity (Wildman–Crippen MR) is 118 cm³/mol. The monoisotopic (exact) mass is 530 g/mol. The van der Waals surface area contributed by atoms with E-state index in [-0.39, 0.29) is 27.1 Å². The number of thioether (sulfide) groups is 1. The van der Waals surface area contributed by atoms with E-state index in [0.29, 0.717) is 3.57 Å². The normalized spacial score (nSPS) is 17.7. The fourth-order valence-electron chi connectivity index (χ4n) is 2.49. The smallest absolute Gasteiger partial charge is 0.284 e. The summed E-state index contributed by atoms with van der Waals surface area (Å²) < 4.78 is 43.8. The van der Waals surface area contributed by atoms with Gasteiger partial charge in [0.05, 0.1) is 9.80 Å². The molecule has 28 heavy (non-hydrogen) atoms. The highest BCUT2D eigenvalue weighted by Gasteiger charge is 2.34. The van der Waals surface area contributed by atoms with E-state index in [1.807, 2.05) is 29.5 Å². The van der Waals surface area contributed by atoms with Crippen LogP contribution in [0.4, 0.5) is 4.39 Å². The number of halogens is 2. The van der Waals surface area contributed by atoms with Gasteiger partial charge in [0.1, 0.15) is 5.82 Å². The van der Waals surface area contributed by atoms with E-state index < -0.39 is 21.7 Å². The second-order valence-corrected chi connectivity index (χ2v) is 9.74. The fraction of sp³-hybridized carbons (Fsp3) is 0.158. The maximum absolute atomic E-state index is 14.3. The minimum atomic E-state index is -3.97. The van der Waals surface area contributed by atoms with Crippen molar-refractivity contribution < 1.29 is 17.6 Å². The zero-order chi connectivity index (χ0) is 20.5. The summed E-state index contributed by atoms with van der Waals surface area (Å²) in [6.45, 7) is 3.83. The van der Waals surface area contributed by atoms with Crippen molar-refractivity contribution in [1.29, 1.82) is 0 Å². The van der Waals surface area contributed by atoms with Crippen LogP contribution in [-0.4, -0.2) is 30.9 Å². The van der Waals surface area contributed by atoms with Gasteiger partial charge in [0.2, 0.25) is 0 Å². The standard InChI is InChI=1S/C19H16FIN2O3S2/c1-3-23-18(24)16(11-13-5-4-6-15(21)17(13)20)27-19(23)22-28(25,26)14-9-7-12(2)8-10-14/h4-11H,3H2,1-2H3/b16-11-,22-19+. The van der Waals surface area contributed by atoms with Gasteiger partial charge in [0.25, 0.3) is 15.9 Å². The third-order valence-electron chi connectivity index (χ3n) is 3.99. The lowest BCUT2D eigenvalue weighted by molar-refractivity contribution is -0.122. The van der Waals surface area contributed by atoms with Gasteiger partial charge in [0.15, 0.2) is 5.17 Å². The van der Waals surface area contributed by atoms with Crippen LogP contribution in [-0.2, 0) is 14.8 Å². The van der Waals surface area contributed by atoms with E-state index in [2.05, 4.69) is 4.40 Å². The largest absolute Gasteiger partial charge is 0.286 e. The molecule has 0 bridgehead atoms. The number of sulfonamides is 1. The van der Waals surface area contributed by atoms with E-state index >= 15 is 0 Å². The lowest BCUT2D eigenvalue weighted by Crippen LogP contribution is -2.29. The molecule has 1 aliphatic rings.